The maximum atomic E-state index is 11.2. The fourth-order valence-electron chi connectivity index (χ4n) is 2.14. The summed E-state index contributed by atoms with van der Waals surface area (Å²) in [5, 5.41) is 5.86. The molecule has 0 aliphatic carbocycles. The number of nitrogens with zero attached hydrogens (tertiary/aromatic N) is 2. The monoisotopic (exact) mass is 289 g/mol. The third-order valence-electron chi connectivity index (χ3n) is 3.36. The Morgan fingerprint density at radius 1 is 1.39 bits per heavy atom. The number of nitrogens with two attached hydrogens (primary N) is 1. The van der Waals surface area contributed by atoms with Crippen molar-refractivity contribution in [3.8, 4) is 0 Å². The first-order chi connectivity index (χ1) is 8.28. The molecule has 0 bridgehead atoms. The van der Waals surface area contributed by atoms with E-state index in [-0.39, 0.29) is 4.21 Å². The average Bonchev–Trinajstić information content (AvgIpc) is 2.65. The number of primary sulfonamides is 1. The van der Waals surface area contributed by atoms with Gasteiger partial charge in [-0.1, -0.05) is 25.2 Å². The lowest BCUT2D eigenvalue weighted by Crippen LogP contribution is -2.24. The van der Waals surface area contributed by atoms with Crippen LogP contribution in [-0.2, 0) is 10.0 Å². The van der Waals surface area contributed by atoms with Crippen LogP contribution in [0.1, 0.15) is 33.1 Å². The van der Waals surface area contributed by atoms with Crippen molar-refractivity contribution in [1.82, 2.24) is 4.98 Å². The molecule has 102 valence electrons. The fourth-order valence-corrected chi connectivity index (χ4v) is 3.73. The van der Waals surface area contributed by atoms with Crippen LogP contribution in [0.25, 0.3) is 0 Å². The van der Waals surface area contributed by atoms with E-state index in [2.05, 4.69) is 23.7 Å². The molecular formula is C11H19N3O2S2. The Balaban J connectivity index is 2.15. The van der Waals surface area contributed by atoms with Gasteiger partial charge in [0.15, 0.2) is 9.34 Å². The van der Waals surface area contributed by atoms with Crippen molar-refractivity contribution >= 4 is 26.5 Å². The fraction of sp³-hybridized carbons (Fsp3) is 0.727. The number of rotatable bonds is 2. The third-order valence-corrected chi connectivity index (χ3v) is 5.83. The van der Waals surface area contributed by atoms with Gasteiger partial charge in [0.05, 0.1) is 6.20 Å². The summed E-state index contributed by atoms with van der Waals surface area (Å²) >= 11 is 1.16. The van der Waals surface area contributed by atoms with Crippen LogP contribution in [-0.4, -0.2) is 26.5 Å². The van der Waals surface area contributed by atoms with E-state index in [1.807, 2.05) is 0 Å². The lowest BCUT2D eigenvalue weighted by Gasteiger charge is -2.22. The highest BCUT2D eigenvalue weighted by Gasteiger charge is 2.25. The van der Waals surface area contributed by atoms with Crippen LogP contribution in [0, 0.1) is 5.41 Å². The predicted molar refractivity (Wildman–Crippen MR) is 73.3 cm³/mol. The summed E-state index contributed by atoms with van der Waals surface area (Å²) in [4.78, 5) is 6.34. The van der Waals surface area contributed by atoms with E-state index >= 15 is 0 Å². The molecule has 0 radical (unpaired) electrons. The molecule has 7 heteroatoms. The largest absolute Gasteiger partial charge is 0.348 e. The van der Waals surface area contributed by atoms with Crippen LogP contribution < -0.4 is 10.0 Å². The summed E-state index contributed by atoms with van der Waals surface area (Å²) in [7, 11) is -3.62. The van der Waals surface area contributed by atoms with Crippen molar-refractivity contribution in [1.29, 1.82) is 0 Å². The van der Waals surface area contributed by atoms with Gasteiger partial charge in [0.25, 0.3) is 0 Å². The summed E-state index contributed by atoms with van der Waals surface area (Å²) in [5.74, 6) is 0. The van der Waals surface area contributed by atoms with E-state index in [1.165, 1.54) is 12.6 Å². The first-order valence-electron chi connectivity index (χ1n) is 6.02. The smallest absolute Gasteiger partial charge is 0.249 e. The summed E-state index contributed by atoms with van der Waals surface area (Å²) in [5.41, 5.74) is 0.356. The molecule has 0 amide bonds. The Kier molecular flexibility index (Phi) is 3.66. The number of aromatic nitrogens is 1. The van der Waals surface area contributed by atoms with Crippen molar-refractivity contribution in [3.05, 3.63) is 6.20 Å². The van der Waals surface area contributed by atoms with Gasteiger partial charge >= 0.3 is 0 Å². The van der Waals surface area contributed by atoms with Gasteiger partial charge in [-0.3, -0.25) is 0 Å². The van der Waals surface area contributed by atoms with Crippen molar-refractivity contribution in [2.45, 2.75) is 37.3 Å². The third kappa shape index (κ3) is 3.21. The van der Waals surface area contributed by atoms with Crippen molar-refractivity contribution in [2.75, 3.05) is 18.0 Å². The Labute approximate surface area is 112 Å². The van der Waals surface area contributed by atoms with E-state index in [0.29, 0.717) is 5.41 Å². The molecule has 0 aromatic carbocycles. The van der Waals surface area contributed by atoms with Crippen LogP contribution in [0.3, 0.4) is 0 Å². The Hall–Kier alpha value is -0.660. The van der Waals surface area contributed by atoms with Crippen molar-refractivity contribution in [3.63, 3.8) is 0 Å². The van der Waals surface area contributed by atoms with Gasteiger partial charge in [-0.2, -0.15) is 0 Å². The standard InChI is InChI=1S/C11H19N3O2S2/c1-11(2)4-3-6-14(7-5-11)10-13-8-9(17-10)18(12,15)16/h8H,3-7H2,1-2H3,(H2,12,15,16). The van der Waals surface area contributed by atoms with E-state index < -0.39 is 10.0 Å². The highest BCUT2D eigenvalue weighted by Crippen LogP contribution is 2.33. The number of thiazole rings is 1. The topological polar surface area (TPSA) is 76.3 Å². The second kappa shape index (κ2) is 4.79. The number of hydrogen-bond donors (Lipinski definition) is 1. The van der Waals surface area contributed by atoms with Gasteiger partial charge in [0.2, 0.25) is 10.0 Å². The summed E-state index contributed by atoms with van der Waals surface area (Å²) in [6, 6.07) is 0. The maximum absolute atomic E-state index is 11.2. The number of anilines is 1. The quantitative estimate of drug-likeness (QED) is 0.901. The highest BCUT2D eigenvalue weighted by molar-refractivity contribution is 7.91. The minimum absolute atomic E-state index is 0.140. The van der Waals surface area contributed by atoms with Crippen molar-refractivity contribution in [2.24, 2.45) is 10.6 Å². The highest BCUT2D eigenvalue weighted by atomic mass is 32.2. The zero-order chi connectivity index (χ0) is 13.4. The predicted octanol–water partition coefficient (Wildman–Crippen LogP) is 1.81. The van der Waals surface area contributed by atoms with Crippen LogP contribution in [0.5, 0.6) is 0 Å². The maximum Gasteiger partial charge on any atom is 0.249 e. The molecule has 1 fully saturated rings. The molecule has 2 rings (SSSR count). The molecule has 0 spiro atoms. The molecule has 1 aromatic rings. The molecular weight excluding hydrogens is 270 g/mol. The zero-order valence-electron chi connectivity index (χ0n) is 10.7. The lowest BCUT2D eigenvalue weighted by atomic mass is 9.85. The zero-order valence-corrected chi connectivity index (χ0v) is 12.4. The molecule has 2 N–H and O–H groups in total. The normalized spacial score (nSPS) is 20.7. The van der Waals surface area contributed by atoms with E-state index in [9.17, 15) is 8.42 Å². The number of sulfonamides is 1. The molecule has 18 heavy (non-hydrogen) atoms. The van der Waals surface area contributed by atoms with Gasteiger partial charge in [-0.05, 0) is 24.7 Å². The van der Waals surface area contributed by atoms with Crippen molar-refractivity contribution < 1.29 is 8.42 Å². The van der Waals surface area contributed by atoms with Gasteiger partial charge in [0, 0.05) is 13.1 Å². The van der Waals surface area contributed by atoms with Crippen LogP contribution in [0.15, 0.2) is 10.4 Å². The minimum atomic E-state index is -3.62. The summed E-state index contributed by atoms with van der Waals surface area (Å²) in [6.07, 6.45) is 4.75. The van der Waals surface area contributed by atoms with Crippen LogP contribution >= 0.6 is 11.3 Å². The van der Waals surface area contributed by atoms with Gasteiger partial charge < -0.3 is 4.90 Å². The molecule has 0 atom stereocenters. The van der Waals surface area contributed by atoms with E-state index in [0.717, 1.165) is 42.4 Å². The molecule has 0 unspecified atom stereocenters. The first kappa shape index (κ1) is 13.8. The minimum Gasteiger partial charge on any atom is -0.348 e. The van der Waals surface area contributed by atoms with E-state index in [4.69, 9.17) is 5.14 Å². The van der Waals surface area contributed by atoms with Crippen LogP contribution in [0.4, 0.5) is 5.13 Å². The van der Waals surface area contributed by atoms with Gasteiger partial charge in [0.1, 0.15) is 0 Å². The molecule has 0 saturated carbocycles. The summed E-state index contributed by atoms with van der Waals surface area (Å²) in [6.45, 7) is 6.40. The lowest BCUT2D eigenvalue weighted by molar-refractivity contribution is 0.325. The SMILES string of the molecule is CC1(C)CCCN(c2ncc(S(N)(=O)=O)s2)CC1. The average molecular weight is 289 g/mol. The molecule has 2 heterocycles. The van der Waals surface area contributed by atoms with Gasteiger partial charge in [-0.25, -0.2) is 18.5 Å². The summed E-state index contributed by atoms with van der Waals surface area (Å²) < 4.78 is 22.6. The second-order valence-corrected chi connectivity index (χ2v) is 8.31. The second-order valence-electron chi connectivity index (χ2n) is 5.51. The van der Waals surface area contributed by atoms with E-state index in [1.54, 1.807) is 0 Å². The molecule has 1 aliphatic heterocycles. The Morgan fingerprint density at radius 3 is 2.72 bits per heavy atom. The number of hydrogen-bond acceptors (Lipinski definition) is 5. The Bertz CT molecular complexity index is 522. The van der Waals surface area contributed by atoms with Gasteiger partial charge in [-0.15, -0.1) is 0 Å². The first-order valence-corrected chi connectivity index (χ1v) is 8.38. The Morgan fingerprint density at radius 2 is 2.11 bits per heavy atom. The molecule has 1 saturated heterocycles. The molecule has 1 aliphatic rings. The molecule has 1 aromatic heterocycles. The van der Waals surface area contributed by atoms with Crippen LogP contribution in [0.2, 0.25) is 0 Å². The molecule has 5 nitrogen and oxygen atoms in total.